The molecule has 1 saturated heterocycles. The average Bonchev–Trinajstić information content (AvgIpc) is 2.66. The van der Waals surface area contributed by atoms with Crippen LogP contribution < -0.4 is 4.90 Å². The zero-order valence-corrected chi connectivity index (χ0v) is 14.4. The summed E-state index contributed by atoms with van der Waals surface area (Å²) >= 11 is 0. The molecule has 0 radical (unpaired) electrons. The largest absolute Gasteiger partial charge is 0.416 e. The van der Waals surface area contributed by atoms with E-state index in [2.05, 4.69) is 0 Å². The van der Waals surface area contributed by atoms with E-state index < -0.39 is 28.4 Å². The molecule has 1 aliphatic rings. The van der Waals surface area contributed by atoms with E-state index in [4.69, 9.17) is 0 Å². The van der Waals surface area contributed by atoms with Gasteiger partial charge in [-0.1, -0.05) is 0 Å². The van der Waals surface area contributed by atoms with Crippen molar-refractivity contribution in [1.82, 2.24) is 4.90 Å². The second-order valence-electron chi connectivity index (χ2n) is 6.24. The number of amides is 1. The van der Waals surface area contributed by atoms with Crippen molar-refractivity contribution in [3.05, 3.63) is 69.5 Å². The molecular weight excluding hydrogens is 382 g/mol. The van der Waals surface area contributed by atoms with Crippen molar-refractivity contribution in [3.63, 3.8) is 0 Å². The Bertz CT molecular complexity index is 892. The number of carbonyl (C=O) groups is 1. The maximum Gasteiger partial charge on any atom is 0.416 e. The van der Waals surface area contributed by atoms with Crippen molar-refractivity contribution in [3.8, 4) is 0 Å². The fourth-order valence-electron chi connectivity index (χ4n) is 3.04. The van der Waals surface area contributed by atoms with Crippen molar-refractivity contribution in [1.29, 1.82) is 0 Å². The summed E-state index contributed by atoms with van der Waals surface area (Å²) in [6.07, 6.45) is -4.48. The molecule has 0 aromatic heterocycles. The monoisotopic (exact) mass is 397 g/mol. The number of piperazine rings is 1. The Balaban J connectivity index is 1.70. The van der Waals surface area contributed by atoms with Gasteiger partial charge in [0.25, 0.3) is 11.6 Å². The Kier molecular flexibility index (Phi) is 5.21. The lowest BCUT2D eigenvalue weighted by atomic mass is 10.1. The van der Waals surface area contributed by atoms with E-state index in [0.717, 1.165) is 42.5 Å². The summed E-state index contributed by atoms with van der Waals surface area (Å²) < 4.78 is 51.4. The first-order chi connectivity index (χ1) is 13.2. The highest BCUT2D eigenvalue weighted by Gasteiger charge is 2.31. The molecule has 0 aliphatic carbocycles. The predicted octanol–water partition coefficient (Wildman–Crippen LogP) is 3.72. The maximum absolute atomic E-state index is 13.5. The molecule has 0 atom stereocenters. The fraction of sp³-hybridized carbons (Fsp3) is 0.278. The van der Waals surface area contributed by atoms with E-state index in [-0.39, 0.29) is 43.1 Å². The lowest BCUT2D eigenvalue weighted by Crippen LogP contribution is -2.49. The molecule has 2 aromatic carbocycles. The van der Waals surface area contributed by atoms with Gasteiger partial charge in [-0.15, -0.1) is 0 Å². The zero-order chi connectivity index (χ0) is 20.5. The van der Waals surface area contributed by atoms with Gasteiger partial charge < -0.3 is 9.80 Å². The van der Waals surface area contributed by atoms with Crippen LogP contribution in [0.3, 0.4) is 0 Å². The molecule has 0 unspecified atom stereocenters. The standard InChI is InChI=1S/C18H15F4N3O3/c19-14-5-6-15(25(27)28)16(11-14)23-7-9-24(10-8-23)17(26)12-1-3-13(4-2-12)18(20,21)22/h1-6,11H,7-10H2. The molecule has 10 heteroatoms. The smallest absolute Gasteiger partial charge is 0.362 e. The van der Waals surface area contributed by atoms with Crippen LogP contribution in [0.1, 0.15) is 15.9 Å². The first-order valence-corrected chi connectivity index (χ1v) is 8.32. The quantitative estimate of drug-likeness (QED) is 0.450. The summed E-state index contributed by atoms with van der Waals surface area (Å²) in [5.41, 5.74) is -0.819. The summed E-state index contributed by atoms with van der Waals surface area (Å²) in [6.45, 7) is 0.869. The number of hydrogen-bond acceptors (Lipinski definition) is 4. The van der Waals surface area contributed by atoms with Crippen LogP contribution in [0.15, 0.2) is 42.5 Å². The van der Waals surface area contributed by atoms with Gasteiger partial charge >= 0.3 is 6.18 Å². The lowest BCUT2D eigenvalue weighted by Gasteiger charge is -2.35. The highest BCUT2D eigenvalue weighted by molar-refractivity contribution is 5.94. The Labute approximate surface area is 157 Å². The number of alkyl halides is 3. The minimum absolute atomic E-state index is 0.123. The van der Waals surface area contributed by atoms with Gasteiger partial charge in [0.05, 0.1) is 10.5 Å². The molecular formula is C18H15F4N3O3. The first kappa shape index (κ1) is 19.6. The molecule has 1 aliphatic heterocycles. The van der Waals surface area contributed by atoms with E-state index in [1.165, 1.54) is 4.90 Å². The van der Waals surface area contributed by atoms with E-state index in [9.17, 15) is 32.5 Å². The SMILES string of the molecule is O=C(c1ccc(C(F)(F)F)cc1)N1CCN(c2cc(F)ccc2[N+](=O)[O-])CC1. The molecule has 1 fully saturated rings. The summed E-state index contributed by atoms with van der Waals surface area (Å²) in [5, 5.41) is 11.1. The highest BCUT2D eigenvalue weighted by atomic mass is 19.4. The average molecular weight is 397 g/mol. The Morgan fingerprint density at radius 3 is 2.14 bits per heavy atom. The molecule has 2 aromatic rings. The van der Waals surface area contributed by atoms with Gasteiger partial charge in [-0.3, -0.25) is 14.9 Å². The van der Waals surface area contributed by atoms with Crippen LogP contribution in [0.4, 0.5) is 28.9 Å². The zero-order valence-electron chi connectivity index (χ0n) is 14.4. The van der Waals surface area contributed by atoms with Crippen molar-refractivity contribution in [2.75, 3.05) is 31.1 Å². The number of anilines is 1. The van der Waals surface area contributed by atoms with Gasteiger partial charge in [-0.2, -0.15) is 13.2 Å². The van der Waals surface area contributed by atoms with Crippen molar-refractivity contribution < 1.29 is 27.3 Å². The van der Waals surface area contributed by atoms with Gasteiger partial charge in [-0.05, 0) is 30.3 Å². The van der Waals surface area contributed by atoms with Crippen LogP contribution in [-0.2, 0) is 6.18 Å². The number of benzene rings is 2. The molecule has 0 saturated carbocycles. The highest BCUT2D eigenvalue weighted by Crippen LogP contribution is 2.31. The van der Waals surface area contributed by atoms with Crippen LogP contribution in [-0.4, -0.2) is 41.9 Å². The number of carbonyl (C=O) groups excluding carboxylic acids is 1. The predicted molar refractivity (Wildman–Crippen MR) is 92.6 cm³/mol. The fourth-order valence-corrected chi connectivity index (χ4v) is 3.04. The van der Waals surface area contributed by atoms with Crippen molar-refractivity contribution >= 4 is 17.3 Å². The minimum Gasteiger partial charge on any atom is -0.362 e. The minimum atomic E-state index is -4.48. The van der Waals surface area contributed by atoms with Gasteiger partial charge in [-0.25, -0.2) is 4.39 Å². The van der Waals surface area contributed by atoms with Gasteiger partial charge in [0.1, 0.15) is 11.5 Å². The van der Waals surface area contributed by atoms with E-state index in [1.807, 2.05) is 0 Å². The van der Waals surface area contributed by atoms with Crippen LogP contribution >= 0.6 is 0 Å². The number of nitrogens with zero attached hydrogens (tertiary/aromatic N) is 3. The van der Waals surface area contributed by atoms with E-state index >= 15 is 0 Å². The molecule has 1 amide bonds. The number of nitro groups is 1. The van der Waals surface area contributed by atoms with Crippen LogP contribution in [0.5, 0.6) is 0 Å². The van der Waals surface area contributed by atoms with E-state index in [0.29, 0.717) is 0 Å². The lowest BCUT2D eigenvalue weighted by molar-refractivity contribution is -0.384. The normalized spacial score (nSPS) is 14.9. The molecule has 28 heavy (non-hydrogen) atoms. The third-order valence-corrected chi connectivity index (χ3v) is 4.50. The van der Waals surface area contributed by atoms with Crippen molar-refractivity contribution in [2.45, 2.75) is 6.18 Å². The molecule has 3 rings (SSSR count). The Morgan fingerprint density at radius 1 is 1.00 bits per heavy atom. The van der Waals surface area contributed by atoms with Crippen LogP contribution in [0.2, 0.25) is 0 Å². The van der Waals surface area contributed by atoms with Gasteiger partial charge in [0.2, 0.25) is 0 Å². The van der Waals surface area contributed by atoms with E-state index in [1.54, 1.807) is 4.90 Å². The Hall–Kier alpha value is -3.17. The second kappa shape index (κ2) is 7.45. The third kappa shape index (κ3) is 4.05. The number of nitro benzene ring substituents is 1. The molecule has 1 heterocycles. The number of rotatable bonds is 3. The molecule has 0 spiro atoms. The first-order valence-electron chi connectivity index (χ1n) is 8.32. The maximum atomic E-state index is 13.5. The molecule has 6 nitrogen and oxygen atoms in total. The second-order valence-corrected chi connectivity index (χ2v) is 6.24. The van der Waals surface area contributed by atoms with Crippen LogP contribution in [0.25, 0.3) is 0 Å². The van der Waals surface area contributed by atoms with Crippen molar-refractivity contribution in [2.24, 2.45) is 0 Å². The molecule has 0 bridgehead atoms. The van der Waals surface area contributed by atoms with Gasteiger partial charge in [0.15, 0.2) is 0 Å². The summed E-state index contributed by atoms with van der Waals surface area (Å²) in [4.78, 5) is 26.1. The summed E-state index contributed by atoms with van der Waals surface area (Å²) in [6, 6.07) is 7.10. The van der Waals surface area contributed by atoms with Crippen LogP contribution in [0, 0.1) is 15.9 Å². The summed E-state index contributed by atoms with van der Waals surface area (Å²) in [5.74, 6) is -1.04. The summed E-state index contributed by atoms with van der Waals surface area (Å²) in [7, 11) is 0. The number of hydrogen-bond donors (Lipinski definition) is 0. The molecule has 148 valence electrons. The Morgan fingerprint density at radius 2 is 1.61 bits per heavy atom. The molecule has 0 N–H and O–H groups in total. The number of halogens is 4. The topological polar surface area (TPSA) is 66.7 Å². The third-order valence-electron chi connectivity index (χ3n) is 4.50. The van der Waals surface area contributed by atoms with Gasteiger partial charge in [0, 0.05) is 43.9 Å².